The second kappa shape index (κ2) is 7.40. The molecular formula is C15H19ClN2O5S. The highest BCUT2D eigenvalue weighted by Gasteiger charge is 2.26. The van der Waals surface area contributed by atoms with E-state index in [9.17, 15) is 13.2 Å². The Bertz CT molecular complexity index is 749. The largest absolute Gasteiger partial charge is 0.494 e. The van der Waals surface area contributed by atoms with Crippen molar-refractivity contribution in [3.05, 3.63) is 28.9 Å². The van der Waals surface area contributed by atoms with Crippen LogP contribution in [0.2, 0.25) is 5.15 Å². The molecule has 7 nitrogen and oxygen atoms in total. The number of pyridine rings is 1. The van der Waals surface area contributed by atoms with E-state index in [0.29, 0.717) is 12.4 Å². The van der Waals surface area contributed by atoms with Gasteiger partial charge in [-0.2, -0.15) is 0 Å². The summed E-state index contributed by atoms with van der Waals surface area (Å²) in [6.45, 7) is 6.49. The number of methoxy groups -OCH3 is 1. The number of hydrogen-bond donors (Lipinski definition) is 0. The number of sulfone groups is 1. The molecule has 1 saturated heterocycles. The second-order valence-corrected chi connectivity index (χ2v) is 7.84. The Kier molecular flexibility index (Phi) is 5.71. The Balaban J connectivity index is 2.44. The summed E-state index contributed by atoms with van der Waals surface area (Å²) in [6.07, 6.45) is 0. The van der Waals surface area contributed by atoms with E-state index in [2.05, 4.69) is 11.6 Å². The molecule has 1 aliphatic heterocycles. The Morgan fingerprint density at radius 1 is 1.42 bits per heavy atom. The fourth-order valence-electron chi connectivity index (χ4n) is 2.39. The Hall–Kier alpha value is -1.80. The van der Waals surface area contributed by atoms with Gasteiger partial charge >= 0.3 is 5.97 Å². The third-order valence-electron chi connectivity index (χ3n) is 3.63. The lowest BCUT2D eigenvalue weighted by Gasteiger charge is -2.28. The smallest absolute Gasteiger partial charge is 0.338 e. The highest BCUT2D eigenvalue weighted by molar-refractivity contribution is 7.91. The maximum atomic E-state index is 12.1. The van der Waals surface area contributed by atoms with E-state index < -0.39 is 15.8 Å². The van der Waals surface area contributed by atoms with E-state index in [1.807, 2.05) is 0 Å². The number of nitrogens with zero attached hydrogens (tertiary/aromatic N) is 2. The van der Waals surface area contributed by atoms with Crippen molar-refractivity contribution in [2.24, 2.45) is 0 Å². The second-order valence-electron chi connectivity index (χ2n) is 5.18. The van der Waals surface area contributed by atoms with E-state index in [1.165, 1.54) is 13.2 Å². The molecule has 0 amide bonds. The molecule has 24 heavy (non-hydrogen) atoms. The third kappa shape index (κ3) is 3.99. The van der Waals surface area contributed by atoms with Crippen molar-refractivity contribution in [2.45, 2.75) is 6.92 Å². The zero-order chi connectivity index (χ0) is 17.9. The summed E-state index contributed by atoms with van der Waals surface area (Å²) in [7, 11) is -1.76. The standard InChI is InChI=1S/C15H19ClN2O5S/c1-4-23-10(2)13-11(15(19)22-3)9-12(17-14(13)16)18-5-7-24(20,21)8-6-18/h9H,2,4-8H2,1,3H3. The van der Waals surface area contributed by atoms with Crippen molar-refractivity contribution in [2.75, 3.05) is 43.2 Å². The number of halogens is 1. The molecule has 0 unspecified atom stereocenters. The van der Waals surface area contributed by atoms with Crippen LogP contribution in [0.15, 0.2) is 12.6 Å². The van der Waals surface area contributed by atoms with Gasteiger partial charge in [0.1, 0.15) is 16.7 Å². The van der Waals surface area contributed by atoms with Crippen LogP contribution in [0.4, 0.5) is 5.82 Å². The molecular weight excluding hydrogens is 356 g/mol. The lowest BCUT2D eigenvalue weighted by Crippen LogP contribution is -2.40. The number of carbonyl (C=O) groups is 1. The minimum Gasteiger partial charge on any atom is -0.494 e. The monoisotopic (exact) mass is 374 g/mol. The molecule has 0 bridgehead atoms. The van der Waals surface area contributed by atoms with Gasteiger partial charge in [-0.3, -0.25) is 0 Å². The van der Waals surface area contributed by atoms with Crippen LogP contribution in [0.25, 0.3) is 5.76 Å². The van der Waals surface area contributed by atoms with Crippen molar-refractivity contribution in [1.82, 2.24) is 4.98 Å². The first-order valence-electron chi connectivity index (χ1n) is 7.35. The van der Waals surface area contributed by atoms with E-state index >= 15 is 0 Å². The van der Waals surface area contributed by atoms with Crippen molar-refractivity contribution in [1.29, 1.82) is 0 Å². The van der Waals surface area contributed by atoms with Gasteiger partial charge < -0.3 is 14.4 Å². The first kappa shape index (κ1) is 18.5. The van der Waals surface area contributed by atoms with Gasteiger partial charge in [0.2, 0.25) is 0 Å². The summed E-state index contributed by atoms with van der Waals surface area (Å²) in [5.74, 6) is 0.119. The maximum Gasteiger partial charge on any atom is 0.338 e. The molecule has 1 aromatic rings. The van der Waals surface area contributed by atoms with Crippen molar-refractivity contribution in [3.63, 3.8) is 0 Å². The van der Waals surface area contributed by atoms with Crippen LogP contribution in [0.1, 0.15) is 22.8 Å². The highest BCUT2D eigenvalue weighted by atomic mass is 35.5. The predicted molar refractivity (Wildman–Crippen MR) is 92.1 cm³/mol. The summed E-state index contributed by atoms with van der Waals surface area (Å²) >= 11 is 6.24. The van der Waals surface area contributed by atoms with Crippen LogP contribution in [-0.4, -0.2) is 57.7 Å². The summed E-state index contributed by atoms with van der Waals surface area (Å²) in [5.41, 5.74) is 0.457. The number of hydrogen-bond acceptors (Lipinski definition) is 7. The average Bonchev–Trinajstić information content (AvgIpc) is 2.53. The first-order chi connectivity index (χ1) is 11.3. The molecule has 0 atom stereocenters. The van der Waals surface area contributed by atoms with Crippen LogP contribution in [0.3, 0.4) is 0 Å². The molecule has 0 saturated carbocycles. The SMILES string of the molecule is C=C(OCC)c1c(C(=O)OC)cc(N2CCS(=O)(=O)CC2)nc1Cl. The fraction of sp³-hybridized carbons (Fsp3) is 0.467. The fourth-order valence-corrected chi connectivity index (χ4v) is 3.88. The normalized spacial score (nSPS) is 16.5. The summed E-state index contributed by atoms with van der Waals surface area (Å²) < 4.78 is 33.2. The molecule has 9 heteroatoms. The van der Waals surface area contributed by atoms with Crippen LogP contribution in [-0.2, 0) is 19.3 Å². The molecule has 2 rings (SSSR count). The molecule has 2 heterocycles. The van der Waals surface area contributed by atoms with Crippen LogP contribution in [0.5, 0.6) is 0 Å². The van der Waals surface area contributed by atoms with Gasteiger partial charge in [0, 0.05) is 13.1 Å². The van der Waals surface area contributed by atoms with Crippen LogP contribution < -0.4 is 4.90 Å². The summed E-state index contributed by atoms with van der Waals surface area (Å²) in [6, 6.07) is 1.52. The molecule has 1 aromatic heterocycles. The van der Waals surface area contributed by atoms with Gasteiger partial charge in [0.05, 0.1) is 36.3 Å². The highest BCUT2D eigenvalue weighted by Crippen LogP contribution is 2.30. The van der Waals surface area contributed by atoms with Crippen molar-refractivity contribution >= 4 is 39.0 Å². The van der Waals surface area contributed by atoms with Gasteiger partial charge in [0.15, 0.2) is 9.84 Å². The van der Waals surface area contributed by atoms with Gasteiger partial charge in [0.25, 0.3) is 0 Å². The van der Waals surface area contributed by atoms with Gasteiger partial charge in [-0.05, 0) is 13.0 Å². The number of carbonyl (C=O) groups excluding carboxylic acids is 1. The Morgan fingerprint density at radius 2 is 2.04 bits per heavy atom. The molecule has 0 aromatic carbocycles. The average molecular weight is 375 g/mol. The van der Waals surface area contributed by atoms with Crippen LogP contribution in [0, 0.1) is 0 Å². The minimum atomic E-state index is -3.02. The maximum absolute atomic E-state index is 12.1. The molecule has 132 valence electrons. The molecule has 0 spiro atoms. The summed E-state index contributed by atoms with van der Waals surface area (Å²) in [4.78, 5) is 18.2. The van der Waals surface area contributed by atoms with Gasteiger partial charge in [-0.1, -0.05) is 18.2 Å². The topological polar surface area (TPSA) is 85.8 Å². The summed E-state index contributed by atoms with van der Waals surface area (Å²) in [5, 5.41) is 0.0554. The van der Waals surface area contributed by atoms with Crippen molar-refractivity contribution in [3.8, 4) is 0 Å². The minimum absolute atomic E-state index is 0.0350. The van der Waals surface area contributed by atoms with E-state index in [-0.39, 0.29) is 46.6 Å². The number of anilines is 1. The van der Waals surface area contributed by atoms with Crippen molar-refractivity contribution < 1.29 is 22.7 Å². The number of ether oxygens (including phenoxy) is 2. The van der Waals surface area contributed by atoms with E-state index in [1.54, 1.807) is 11.8 Å². The molecule has 0 aliphatic carbocycles. The van der Waals surface area contributed by atoms with Gasteiger partial charge in [-0.25, -0.2) is 18.2 Å². The number of aromatic nitrogens is 1. The Labute approximate surface area is 146 Å². The van der Waals surface area contributed by atoms with Crippen LogP contribution >= 0.6 is 11.6 Å². The van der Waals surface area contributed by atoms with E-state index in [0.717, 1.165) is 0 Å². The quantitative estimate of drug-likeness (QED) is 0.441. The first-order valence-corrected chi connectivity index (χ1v) is 9.55. The Morgan fingerprint density at radius 3 is 2.58 bits per heavy atom. The molecule has 1 aliphatic rings. The zero-order valence-corrected chi connectivity index (χ0v) is 15.1. The lowest BCUT2D eigenvalue weighted by molar-refractivity contribution is 0.0599. The third-order valence-corrected chi connectivity index (χ3v) is 5.52. The lowest BCUT2D eigenvalue weighted by atomic mass is 10.1. The van der Waals surface area contributed by atoms with Gasteiger partial charge in [-0.15, -0.1) is 0 Å². The predicted octanol–water partition coefficient (Wildman–Crippen LogP) is 1.76. The molecule has 0 N–H and O–H groups in total. The zero-order valence-electron chi connectivity index (χ0n) is 13.5. The number of esters is 1. The molecule has 0 radical (unpaired) electrons. The number of rotatable bonds is 5. The van der Waals surface area contributed by atoms with E-state index in [4.69, 9.17) is 21.1 Å². The molecule has 1 fully saturated rings.